The van der Waals surface area contributed by atoms with Crippen LogP contribution in [0, 0.1) is 18.9 Å². The van der Waals surface area contributed by atoms with E-state index in [0.717, 1.165) is 40.5 Å². The first-order valence-corrected chi connectivity index (χ1v) is 12.5. The Balaban J connectivity index is 1.31. The molecule has 1 aliphatic heterocycles. The van der Waals surface area contributed by atoms with Crippen molar-refractivity contribution in [1.29, 1.82) is 0 Å². The molecule has 3 aromatic rings. The number of benzene rings is 2. The van der Waals surface area contributed by atoms with Gasteiger partial charge < -0.3 is 5.32 Å². The summed E-state index contributed by atoms with van der Waals surface area (Å²) < 4.78 is 27.2. The van der Waals surface area contributed by atoms with Gasteiger partial charge in [0.05, 0.1) is 9.77 Å². The van der Waals surface area contributed by atoms with Gasteiger partial charge in [0, 0.05) is 30.9 Å². The van der Waals surface area contributed by atoms with Crippen LogP contribution in [0.4, 0.5) is 5.13 Å². The molecular formula is C22H23ClN3O2S2. The smallest absolute Gasteiger partial charge is 0.243 e. The van der Waals surface area contributed by atoms with E-state index in [2.05, 4.69) is 22.4 Å². The Bertz CT molecular complexity index is 1110. The van der Waals surface area contributed by atoms with Gasteiger partial charge in [0.25, 0.3) is 0 Å². The largest absolute Gasteiger partial charge is 0.361 e. The van der Waals surface area contributed by atoms with Gasteiger partial charge in [0.1, 0.15) is 0 Å². The van der Waals surface area contributed by atoms with Crippen LogP contribution in [0.1, 0.15) is 18.4 Å². The minimum Gasteiger partial charge on any atom is -0.361 e. The lowest BCUT2D eigenvalue weighted by molar-refractivity contribution is 0.282. The van der Waals surface area contributed by atoms with Crippen molar-refractivity contribution in [2.45, 2.75) is 24.7 Å². The van der Waals surface area contributed by atoms with E-state index in [9.17, 15) is 8.42 Å². The second-order valence-electron chi connectivity index (χ2n) is 7.42. The lowest BCUT2D eigenvalue weighted by atomic mass is 9.98. The second kappa shape index (κ2) is 9.06. The maximum absolute atomic E-state index is 12.8. The molecule has 1 N–H and O–H groups in total. The number of hydrogen-bond donors (Lipinski definition) is 1. The first-order valence-electron chi connectivity index (χ1n) is 9.86. The van der Waals surface area contributed by atoms with E-state index in [0.29, 0.717) is 28.9 Å². The molecule has 1 saturated heterocycles. The van der Waals surface area contributed by atoms with Crippen molar-refractivity contribution in [2.24, 2.45) is 5.92 Å². The van der Waals surface area contributed by atoms with Gasteiger partial charge in [-0.1, -0.05) is 41.1 Å². The van der Waals surface area contributed by atoms with Gasteiger partial charge in [-0.05, 0) is 67.1 Å². The van der Waals surface area contributed by atoms with Crippen LogP contribution in [0.2, 0.25) is 5.02 Å². The molecule has 4 rings (SSSR count). The van der Waals surface area contributed by atoms with Gasteiger partial charge in [-0.3, -0.25) is 0 Å². The van der Waals surface area contributed by atoms with Crippen LogP contribution in [0.3, 0.4) is 0 Å². The molecule has 0 spiro atoms. The standard InChI is InChI=1S/C22H23ClN3O2S2/c1-16-4-2-3-5-20(16)21-15-25-22(29-21)24-14-17-10-12-26(13-11-17)30(27,28)19-8-6-18(23)7-9-19/h2-3,5-9,15,17H,10-14H2,1H3,(H,24,25). The van der Waals surface area contributed by atoms with E-state index in [-0.39, 0.29) is 0 Å². The molecule has 0 aliphatic carbocycles. The summed E-state index contributed by atoms with van der Waals surface area (Å²) in [7, 11) is -3.46. The Morgan fingerprint density at radius 2 is 1.97 bits per heavy atom. The van der Waals surface area contributed by atoms with E-state index < -0.39 is 10.0 Å². The number of rotatable bonds is 6. The number of thiazole rings is 1. The minimum absolute atomic E-state index is 0.298. The molecule has 0 unspecified atom stereocenters. The first kappa shape index (κ1) is 21.3. The molecule has 1 aliphatic rings. The minimum atomic E-state index is -3.46. The van der Waals surface area contributed by atoms with Crippen LogP contribution < -0.4 is 5.32 Å². The maximum atomic E-state index is 12.8. The lowest BCUT2D eigenvalue weighted by Crippen LogP contribution is -2.39. The summed E-state index contributed by atoms with van der Waals surface area (Å²) in [4.78, 5) is 5.91. The number of sulfonamides is 1. The molecule has 1 radical (unpaired) electrons. The summed E-state index contributed by atoms with van der Waals surface area (Å²) in [5.41, 5.74) is 2.27. The molecule has 0 amide bonds. The van der Waals surface area contributed by atoms with Crippen LogP contribution in [-0.4, -0.2) is 37.3 Å². The van der Waals surface area contributed by atoms with Gasteiger partial charge >= 0.3 is 0 Å². The summed E-state index contributed by atoms with van der Waals surface area (Å²) in [5, 5.41) is 4.86. The third-order valence-electron chi connectivity index (χ3n) is 5.40. The van der Waals surface area contributed by atoms with Crippen LogP contribution in [0.15, 0.2) is 53.6 Å². The predicted molar refractivity (Wildman–Crippen MR) is 123 cm³/mol. The van der Waals surface area contributed by atoms with Crippen molar-refractivity contribution in [1.82, 2.24) is 9.29 Å². The van der Waals surface area contributed by atoms with E-state index in [1.165, 1.54) is 0 Å². The highest BCUT2D eigenvalue weighted by Crippen LogP contribution is 2.31. The van der Waals surface area contributed by atoms with Crippen molar-refractivity contribution < 1.29 is 8.42 Å². The van der Waals surface area contributed by atoms with Crippen molar-refractivity contribution in [2.75, 3.05) is 25.0 Å². The van der Waals surface area contributed by atoms with Gasteiger partial charge in [0.15, 0.2) is 5.13 Å². The van der Waals surface area contributed by atoms with Crippen LogP contribution in [-0.2, 0) is 10.0 Å². The molecule has 0 saturated carbocycles. The number of nitrogens with one attached hydrogen (secondary N) is 1. The number of aryl methyl sites for hydroxylation is 1. The summed E-state index contributed by atoms with van der Waals surface area (Å²) >= 11 is 7.51. The second-order valence-corrected chi connectivity index (χ2v) is 10.8. The van der Waals surface area contributed by atoms with Crippen LogP contribution in [0.25, 0.3) is 10.4 Å². The number of aromatic nitrogens is 1. The average molecular weight is 461 g/mol. The SMILES string of the molecule is Cc1[c]cccc1-c1cnc(NCC2CCN(S(=O)(=O)c3ccc(Cl)cc3)CC2)s1. The quantitative estimate of drug-likeness (QED) is 0.556. The summed E-state index contributed by atoms with van der Waals surface area (Å²) in [5.74, 6) is 0.417. The maximum Gasteiger partial charge on any atom is 0.243 e. The Labute approximate surface area is 186 Å². The van der Waals surface area contributed by atoms with E-state index >= 15 is 0 Å². The van der Waals surface area contributed by atoms with E-state index in [4.69, 9.17) is 11.6 Å². The highest BCUT2D eigenvalue weighted by atomic mass is 35.5. The third-order valence-corrected chi connectivity index (χ3v) is 8.55. The van der Waals surface area contributed by atoms with Crippen molar-refractivity contribution in [3.8, 4) is 10.4 Å². The first-order chi connectivity index (χ1) is 14.4. The molecule has 30 heavy (non-hydrogen) atoms. The van der Waals surface area contributed by atoms with Gasteiger partial charge in [-0.15, -0.1) is 0 Å². The van der Waals surface area contributed by atoms with Crippen molar-refractivity contribution in [3.63, 3.8) is 0 Å². The topological polar surface area (TPSA) is 62.3 Å². The van der Waals surface area contributed by atoms with Gasteiger partial charge in [-0.25, -0.2) is 13.4 Å². The molecule has 1 fully saturated rings. The average Bonchev–Trinajstić information content (AvgIpc) is 3.22. The van der Waals surface area contributed by atoms with E-state index in [1.54, 1.807) is 39.9 Å². The van der Waals surface area contributed by atoms with Crippen LogP contribution in [0.5, 0.6) is 0 Å². The number of nitrogens with zero attached hydrogens (tertiary/aromatic N) is 2. The van der Waals surface area contributed by atoms with Gasteiger partial charge in [0.2, 0.25) is 10.0 Å². The number of anilines is 1. The van der Waals surface area contributed by atoms with Gasteiger partial charge in [-0.2, -0.15) is 4.31 Å². The van der Waals surface area contributed by atoms with Crippen LogP contribution >= 0.6 is 22.9 Å². The zero-order chi connectivity index (χ0) is 21.1. The van der Waals surface area contributed by atoms with Crippen molar-refractivity contribution >= 4 is 38.1 Å². The normalized spacial score (nSPS) is 15.9. The summed E-state index contributed by atoms with van der Waals surface area (Å²) in [6.07, 6.45) is 3.54. The predicted octanol–water partition coefficient (Wildman–Crippen LogP) is 5.08. The highest BCUT2D eigenvalue weighted by Gasteiger charge is 2.29. The zero-order valence-electron chi connectivity index (χ0n) is 16.6. The molecular weight excluding hydrogens is 438 g/mol. The Morgan fingerprint density at radius 3 is 2.67 bits per heavy atom. The third kappa shape index (κ3) is 4.70. The van der Waals surface area contributed by atoms with Crippen molar-refractivity contribution in [3.05, 3.63) is 65.3 Å². The Kier molecular flexibility index (Phi) is 6.43. The molecule has 5 nitrogen and oxygen atoms in total. The molecule has 2 heterocycles. The summed E-state index contributed by atoms with van der Waals surface area (Å²) in [6.45, 7) is 3.90. The van der Waals surface area contributed by atoms with E-state index in [1.807, 2.05) is 25.3 Å². The summed E-state index contributed by atoms with van der Waals surface area (Å²) in [6, 6.07) is 15.6. The molecule has 2 aromatic carbocycles. The fourth-order valence-corrected chi connectivity index (χ4v) is 6.11. The zero-order valence-corrected chi connectivity index (χ0v) is 19.0. The lowest BCUT2D eigenvalue weighted by Gasteiger charge is -2.31. The molecule has 157 valence electrons. The fraction of sp³-hybridized carbons (Fsp3) is 0.318. The number of hydrogen-bond acceptors (Lipinski definition) is 5. The molecule has 0 atom stereocenters. The molecule has 0 bridgehead atoms. The molecule has 8 heteroatoms. The fourth-order valence-electron chi connectivity index (χ4n) is 3.61. The monoisotopic (exact) mass is 460 g/mol. The Morgan fingerprint density at radius 1 is 1.23 bits per heavy atom. The number of piperidine rings is 1. The molecule has 1 aromatic heterocycles. The Hall–Kier alpha value is -1.93. The number of halogens is 1. The highest BCUT2D eigenvalue weighted by molar-refractivity contribution is 7.89.